The number of fused-ring (bicyclic) bond motifs is 4. The molecule has 0 N–H and O–H groups in total. The van der Waals surface area contributed by atoms with E-state index in [9.17, 15) is 13.2 Å². The zero-order chi connectivity index (χ0) is 16.2. The van der Waals surface area contributed by atoms with Gasteiger partial charge in [-0.2, -0.15) is 13.2 Å². The van der Waals surface area contributed by atoms with Gasteiger partial charge in [0.2, 0.25) is 0 Å². The lowest BCUT2D eigenvalue weighted by Crippen LogP contribution is -2.08. The summed E-state index contributed by atoms with van der Waals surface area (Å²) in [6.07, 6.45) is -3.30. The average Bonchev–Trinajstić information content (AvgIpc) is 2.51. The fourth-order valence-electron chi connectivity index (χ4n) is 2.81. The Hall–Kier alpha value is -2.40. The number of benzene rings is 2. The number of hydrogen-bond donors (Lipinski definition) is 0. The van der Waals surface area contributed by atoms with Crippen LogP contribution < -0.4 is 0 Å². The SMILES string of the molecule is FC(F)(F)c1c2cc(Cl)ccc2nc2c1cnc1ccccc12. The van der Waals surface area contributed by atoms with Crippen LogP contribution in [-0.2, 0) is 6.18 Å². The van der Waals surface area contributed by atoms with Crippen molar-refractivity contribution in [3.05, 3.63) is 59.2 Å². The third kappa shape index (κ3) is 2.19. The maximum atomic E-state index is 13.7. The molecule has 4 rings (SSSR count). The lowest BCUT2D eigenvalue weighted by atomic mass is 10.0. The monoisotopic (exact) mass is 332 g/mol. The molecule has 0 fully saturated rings. The van der Waals surface area contributed by atoms with E-state index in [4.69, 9.17) is 11.6 Å². The summed E-state index contributed by atoms with van der Waals surface area (Å²) in [5.74, 6) is 0. The summed E-state index contributed by atoms with van der Waals surface area (Å²) in [5, 5.41) is 0.783. The van der Waals surface area contributed by atoms with Gasteiger partial charge in [-0.3, -0.25) is 4.98 Å². The maximum absolute atomic E-state index is 13.7. The van der Waals surface area contributed by atoms with Crippen molar-refractivity contribution in [3.8, 4) is 0 Å². The number of halogens is 4. The van der Waals surface area contributed by atoms with Crippen LogP contribution in [0.3, 0.4) is 0 Å². The molecule has 2 nitrogen and oxygen atoms in total. The van der Waals surface area contributed by atoms with Gasteiger partial charge in [-0.05, 0) is 24.3 Å². The molecular weight excluding hydrogens is 325 g/mol. The van der Waals surface area contributed by atoms with Crippen molar-refractivity contribution in [2.24, 2.45) is 0 Å². The molecule has 0 spiro atoms. The van der Waals surface area contributed by atoms with Gasteiger partial charge in [-0.15, -0.1) is 0 Å². The summed E-state index contributed by atoms with van der Waals surface area (Å²) < 4.78 is 41.0. The maximum Gasteiger partial charge on any atom is 0.417 e. The average molecular weight is 333 g/mol. The van der Waals surface area contributed by atoms with E-state index in [1.54, 1.807) is 24.3 Å². The molecule has 0 bridgehead atoms. The first-order valence-electron chi connectivity index (χ1n) is 6.79. The minimum Gasteiger partial charge on any atom is -0.255 e. The second-order valence-electron chi connectivity index (χ2n) is 5.18. The molecule has 114 valence electrons. The van der Waals surface area contributed by atoms with Crippen LogP contribution in [0.25, 0.3) is 32.7 Å². The van der Waals surface area contributed by atoms with Gasteiger partial charge in [0.1, 0.15) is 0 Å². The standard InChI is InChI=1S/C17H8ClF3N2/c18-9-5-6-14-11(7-9)15(17(19,20)21)12-8-22-13-4-2-1-3-10(13)16(12)23-14/h1-8H. The fourth-order valence-corrected chi connectivity index (χ4v) is 2.98. The van der Waals surface area contributed by atoms with Crippen LogP contribution >= 0.6 is 11.6 Å². The van der Waals surface area contributed by atoms with E-state index in [1.807, 2.05) is 0 Å². The van der Waals surface area contributed by atoms with Crippen LogP contribution in [0.4, 0.5) is 13.2 Å². The van der Waals surface area contributed by atoms with Crippen molar-refractivity contribution in [1.29, 1.82) is 0 Å². The predicted octanol–water partition coefficient (Wildman–Crippen LogP) is 5.61. The summed E-state index contributed by atoms with van der Waals surface area (Å²) in [4.78, 5) is 8.56. The number of pyridine rings is 2. The van der Waals surface area contributed by atoms with Gasteiger partial charge in [0.15, 0.2) is 0 Å². The fraction of sp³-hybridized carbons (Fsp3) is 0.0588. The van der Waals surface area contributed by atoms with Crippen molar-refractivity contribution < 1.29 is 13.2 Å². The molecule has 0 aliphatic heterocycles. The van der Waals surface area contributed by atoms with E-state index in [0.29, 0.717) is 10.9 Å². The quantitative estimate of drug-likeness (QED) is 0.309. The smallest absolute Gasteiger partial charge is 0.255 e. The highest BCUT2D eigenvalue weighted by atomic mass is 35.5. The minimum absolute atomic E-state index is 0.0189. The van der Waals surface area contributed by atoms with Crippen molar-refractivity contribution in [1.82, 2.24) is 9.97 Å². The van der Waals surface area contributed by atoms with Crippen molar-refractivity contribution in [2.75, 3.05) is 0 Å². The second-order valence-corrected chi connectivity index (χ2v) is 5.62. The van der Waals surface area contributed by atoms with E-state index in [0.717, 1.165) is 0 Å². The Morgan fingerprint density at radius 1 is 0.870 bits per heavy atom. The largest absolute Gasteiger partial charge is 0.417 e. The molecule has 0 atom stereocenters. The predicted molar refractivity (Wildman–Crippen MR) is 84.6 cm³/mol. The molecule has 0 unspecified atom stereocenters. The molecule has 0 aliphatic rings. The Morgan fingerprint density at radius 2 is 1.65 bits per heavy atom. The molecule has 6 heteroatoms. The number of rotatable bonds is 0. The van der Waals surface area contributed by atoms with Crippen molar-refractivity contribution in [3.63, 3.8) is 0 Å². The van der Waals surface area contributed by atoms with Crippen LogP contribution in [0, 0.1) is 0 Å². The minimum atomic E-state index is -4.53. The van der Waals surface area contributed by atoms with Gasteiger partial charge in [0, 0.05) is 27.4 Å². The third-order valence-corrected chi connectivity index (χ3v) is 4.00. The number of aromatic nitrogens is 2. The summed E-state index contributed by atoms with van der Waals surface area (Å²) in [6, 6.07) is 11.3. The molecule has 0 saturated carbocycles. The highest BCUT2D eigenvalue weighted by molar-refractivity contribution is 6.31. The number of nitrogens with zero attached hydrogens (tertiary/aromatic N) is 2. The Balaban J connectivity index is 2.31. The highest BCUT2D eigenvalue weighted by Gasteiger charge is 2.35. The molecule has 2 aromatic carbocycles. The first kappa shape index (κ1) is 14.2. The van der Waals surface area contributed by atoms with E-state index < -0.39 is 11.7 Å². The third-order valence-electron chi connectivity index (χ3n) is 3.76. The topological polar surface area (TPSA) is 25.8 Å². The Morgan fingerprint density at radius 3 is 2.43 bits per heavy atom. The van der Waals surface area contributed by atoms with Gasteiger partial charge >= 0.3 is 6.18 Å². The second kappa shape index (κ2) is 4.80. The van der Waals surface area contributed by atoms with Gasteiger partial charge in [0.25, 0.3) is 0 Å². The highest BCUT2D eigenvalue weighted by Crippen LogP contribution is 2.40. The molecule has 0 saturated heterocycles. The van der Waals surface area contributed by atoms with Crippen LogP contribution in [-0.4, -0.2) is 9.97 Å². The van der Waals surface area contributed by atoms with Gasteiger partial charge in [-0.1, -0.05) is 29.8 Å². The van der Waals surface area contributed by atoms with E-state index in [2.05, 4.69) is 9.97 Å². The van der Waals surface area contributed by atoms with E-state index in [1.165, 1.54) is 24.4 Å². The molecule has 2 aromatic heterocycles. The zero-order valence-corrected chi connectivity index (χ0v) is 12.3. The van der Waals surface area contributed by atoms with Crippen LogP contribution in [0.1, 0.15) is 5.56 Å². The Bertz CT molecular complexity index is 1070. The van der Waals surface area contributed by atoms with Crippen molar-refractivity contribution in [2.45, 2.75) is 6.18 Å². The lowest BCUT2D eigenvalue weighted by Gasteiger charge is -2.14. The Kier molecular flexibility index (Phi) is 2.96. The number of hydrogen-bond acceptors (Lipinski definition) is 2. The summed E-state index contributed by atoms with van der Waals surface area (Å²) in [5.41, 5.74) is 0.399. The van der Waals surface area contributed by atoms with E-state index >= 15 is 0 Å². The molecule has 2 heterocycles. The van der Waals surface area contributed by atoms with Gasteiger partial charge < -0.3 is 0 Å². The summed E-state index contributed by atoms with van der Waals surface area (Å²) >= 11 is 5.88. The van der Waals surface area contributed by atoms with Crippen LogP contribution in [0.5, 0.6) is 0 Å². The Labute approximate surface area is 133 Å². The summed E-state index contributed by atoms with van der Waals surface area (Å²) in [6.45, 7) is 0. The molecule has 0 aliphatic carbocycles. The molecule has 23 heavy (non-hydrogen) atoms. The van der Waals surface area contributed by atoms with E-state index in [-0.39, 0.29) is 26.8 Å². The molecule has 0 radical (unpaired) electrons. The van der Waals surface area contributed by atoms with Crippen LogP contribution in [0.2, 0.25) is 5.02 Å². The number of alkyl halides is 3. The lowest BCUT2D eigenvalue weighted by molar-refractivity contribution is -0.135. The first-order chi connectivity index (χ1) is 10.9. The first-order valence-corrected chi connectivity index (χ1v) is 7.17. The van der Waals surface area contributed by atoms with Gasteiger partial charge in [0.05, 0.1) is 22.1 Å². The molecule has 4 aromatic rings. The van der Waals surface area contributed by atoms with Gasteiger partial charge in [-0.25, -0.2) is 4.98 Å². The normalized spacial score (nSPS) is 12.3. The molecular formula is C17H8ClF3N2. The summed E-state index contributed by atoms with van der Waals surface area (Å²) in [7, 11) is 0. The number of para-hydroxylation sites is 1. The zero-order valence-electron chi connectivity index (χ0n) is 11.5. The van der Waals surface area contributed by atoms with Crippen molar-refractivity contribution >= 4 is 44.3 Å². The molecule has 0 amide bonds. The van der Waals surface area contributed by atoms with Crippen LogP contribution in [0.15, 0.2) is 48.7 Å².